The maximum Gasteiger partial charge on any atom is 0.389 e. The summed E-state index contributed by atoms with van der Waals surface area (Å²) in [5.41, 5.74) is 0.269. The molecule has 2 nitrogen and oxygen atoms in total. The number of alkyl halides is 3. The van der Waals surface area contributed by atoms with Gasteiger partial charge in [-0.3, -0.25) is 4.79 Å². The maximum absolute atomic E-state index is 11.9. The molecular formula is C11H11F3O2. The van der Waals surface area contributed by atoms with Gasteiger partial charge in [-0.1, -0.05) is 0 Å². The summed E-state index contributed by atoms with van der Waals surface area (Å²) in [5, 5.41) is 0. The van der Waals surface area contributed by atoms with Crippen LogP contribution in [0.4, 0.5) is 13.2 Å². The number of ether oxygens (including phenoxy) is 1. The lowest BCUT2D eigenvalue weighted by Crippen LogP contribution is -2.10. The van der Waals surface area contributed by atoms with E-state index in [1.165, 1.54) is 19.2 Å². The molecular weight excluding hydrogens is 221 g/mol. The molecule has 0 bridgehead atoms. The highest BCUT2D eigenvalue weighted by atomic mass is 19.4. The summed E-state index contributed by atoms with van der Waals surface area (Å²) in [5.74, 6) is 0.0485. The fraction of sp³-hybridized carbons (Fsp3) is 0.364. The van der Waals surface area contributed by atoms with Crippen molar-refractivity contribution in [2.24, 2.45) is 0 Å². The van der Waals surface area contributed by atoms with E-state index in [9.17, 15) is 18.0 Å². The minimum atomic E-state index is -4.29. The zero-order chi connectivity index (χ0) is 12.2. The van der Waals surface area contributed by atoms with Crippen molar-refractivity contribution in [1.82, 2.24) is 0 Å². The molecule has 0 heterocycles. The van der Waals surface area contributed by atoms with Crippen LogP contribution < -0.4 is 4.74 Å². The second kappa shape index (κ2) is 5.01. The van der Waals surface area contributed by atoms with Crippen LogP contribution in [0.15, 0.2) is 24.3 Å². The largest absolute Gasteiger partial charge is 0.497 e. The summed E-state index contributed by atoms with van der Waals surface area (Å²) in [6.45, 7) is 0. The Labute approximate surface area is 91.0 Å². The van der Waals surface area contributed by atoms with Gasteiger partial charge in [0, 0.05) is 12.0 Å². The van der Waals surface area contributed by atoms with Gasteiger partial charge in [-0.2, -0.15) is 13.2 Å². The Morgan fingerprint density at radius 2 is 1.81 bits per heavy atom. The van der Waals surface area contributed by atoms with Gasteiger partial charge in [0.1, 0.15) is 5.75 Å². The van der Waals surface area contributed by atoms with Gasteiger partial charge < -0.3 is 4.74 Å². The first-order chi connectivity index (χ1) is 7.42. The van der Waals surface area contributed by atoms with Crippen molar-refractivity contribution < 1.29 is 22.7 Å². The van der Waals surface area contributed by atoms with Crippen LogP contribution in [-0.2, 0) is 0 Å². The van der Waals surface area contributed by atoms with E-state index >= 15 is 0 Å². The second-order valence-corrected chi connectivity index (χ2v) is 3.27. The van der Waals surface area contributed by atoms with Gasteiger partial charge in [-0.25, -0.2) is 0 Å². The lowest BCUT2D eigenvalue weighted by atomic mass is 10.1. The van der Waals surface area contributed by atoms with Crippen LogP contribution in [0.5, 0.6) is 5.75 Å². The number of methoxy groups -OCH3 is 1. The highest BCUT2D eigenvalue weighted by molar-refractivity contribution is 5.96. The van der Waals surface area contributed by atoms with Gasteiger partial charge in [0.25, 0.3) is 0 Å². The van der Waals surface area contributed by atoms with Crippen molar-refractivity contribution in [3.8, 4) is 5.75 Å². The number of benzene rings is 1. The molecule has 1 aromatic rings. The summed E-state index contributed by atoms with van der Waals surface area (Å²) < 4.78 is 40.5. The highest BCUT2D eigenvalue weighted by Crippen LogP contribution is 2.23. The van der Waals surface area contributed by atoms with E-state index in [4.69, 9.17) is 4.74 Å². The van der Waals surface area contributed by atoms with E-state index in [1.54, 1.807) is 12.1 Å². The molecule has 5 heteroatoms. The molecule has 0 unspecified atom stereocenters. The minimum Gasteiger partial charge on any atom is -0.497 e. The molecule has 88 valence electrons. The zero-order valence-electron chi connectivity index (χ0n) is 8.67. The van der Waals surface area contributed by atoms with Crippen molar-refractivity contribution in [3.63, 3.8) is 0 Å². The average molecular weight is 232 g/mol. The van der Waals surface area contributed by atoms with Gasteiger partial charge in [-0.05, 0) is 24.3 Å². The van der Waals surface area contributed by atoms with E-state index in [0.717, 1.165) is 0 Å². The SMILES string of the molecule is COc1ccc(C(=O)CCC(F)(F)F)cc1. The van der Waals surface area contributed by atoms with Crippen molar-refractivity contribution in [3.05, 3.63) is 29.8 Å². The van der Waals surface area contributed by atoms with E-state index in [1.807, 2.05) is 0 Å². The lowest BCUT2D eigenvalue weighted by molar-refractivity contribution is -0.133. The lowest BCUT2D eigenvalue weighted by Gasteiger charge is -2.05. The Balaban J connectivity index is 2.59. The van der Waals surface area contributed by atoms with Crippen LogP contribution in [0.25, 0.3) is 0 Å². The molecule has 0 atom stereocenters. The summed E-state index contributed by atoms with van der Waals surface area (Å²) >= 11 is 0. The normalized spacial score (nSPS) is 11.2. The first-order valence-electron chi connectivity index (χ1n) is 4.66. The monoisotopic (exact) mass is 232 g/mol. The Hall–Kier alpha value is -1.52. The fourth-order valence-electron chi connectivity index (χ4n) is 1.18. The van der Waals surface area contributed by atoms with Crippen LogP contribution in [0, 0.1) is 0 Å². The number of rotatable bonds is 4. The first-order valence-corrected chi connectivity index (χ1v) is 4.66. The Bertz CT molecular complexity index is 354. The molecule has 0 N–H and O–H groups in total. The fourth-order valence-corrected chi connectivity index (χ4v) is 1.18. The second-order valence-electron chi connectivity index (χ2n) is 3.27. The van der Waals surface area contributed by atoms with Crippen molar-refractivity contribution >= 4 is 5.78 Å². The molecule has 0 aliphatic rings. The molecule has 0 aromatic heterocycles. The van der Waals surface area contributed by atoms with Gasteiger partial charge in [0.15, 0.2) is 5.78 Å². The molecule has 1 rings (SSSR count). The average Bonchev–Trinajstić information content (AvgIpc) is 2.25. The summed E-state index contributed by atoms with van der Waals surface area (Å²) in [7, 11) is 1.47. The van der Waals surface area contributed by atoms with Crippen LogP contribution >= 0.6 is 0 Å². The molecule has 0 saturated carbocycles. The van der Waals surface area contributed by atoms with Crippen LogP contribution in [0.1, 0.15) is 23.2 Å². The zero-order valence-corrected chi connectivity index (χ0v) is 8.67. The standard InChI is InChI=1S/C11H11F3O2/c1-16-9-4-2-8(3-5-9)10(15)6-7-11(12,13)14/h2-5H,6-7H2,1H3. The predicted octanol–water partition coefficient (Wildman–Crippen LogP) is 3.22. The molecule has 0 spiro atoms. The van der Waals surface area contributed by atoms with Crippen LogP contribution in [0.2, 0.25) is 0 Å². The van der Waals surface area contributed by atoms with E-state index in [2.05, 4.69) is 0 Å². The number of carbonyl (C=O) groups excluding carboxylic acids is 1. The van der Waals surface area contributed by atoms with Gasteiger partial charge >= 0.3 is 6.18 Å². The number of carbonyl (C=O) groups is 1. The number of ketones is 1. The maximum atomic E-state index is 11.9. The smallest absolute Gasteiger partial charge is 0.389 e. The van der Waals surface area contributed by atoms with E-state index in [0.29, 0.717) is 5.75 Å². The number of Topliss-reactive ketones (excluding diaryl/α,β-unsaturated/α-hetero) is 1. The molecule has 0 radical (unpaired) electrons. The van der Waals surface area contributed by atoms with Crippen LogP contribution in [-0.4, -0.2) is 19.1 Å². The highest BCUT2D eigenvalue weighted by Gasteiger charge is 2.28. The Morgan fingerprint density at radius 1 is 1.25 bits per heavy atom. The minimum absolute atomic E-state index is 0.269. The van der Waals surface area contributed by atoms with Crippen molar-refractivity contribution in [1.29, 1.82) is 0 Å². The summed E-state index contributed by atoms with van der Waals surface area (Å²) in [6.07, 6.45) is -5.89. The topological polar surface area (TPSA) is 26.3 Å². The molecule has 0 aliphatic carbocycles. The predicted molar refractivity (Wildman–Crippen MR) is 52.6 cm³/mol. The molecule has 0 aliphatic heterocycles. The molecule has 0 saturated heterocycles. The number of halogens is 3. The molecule has 16 heavy (non-hydrogen) atoms. The Kier molecular flexibility index (Phi) is 3.93. The van der Waals surface area contributed by atoms with Gasteiger partial charge in [0.05, 0.1) is 13.5 Å². The third-order valence-corrected chi connectivity index (χ3v) is 2.05. The third-order valence-electron chi connectivity index (χ3n) is 2.05. The number of hydrogen-bond acceptors (Lipinski definition) is 2. The molecule has 0 fully saturated rings. The first kappa shape index (κ1) is 12.5. The number of hydrogen-bond donors (Lipinski definition) is 0. The van der Waals surface area contributed by atoms with Gasteiger partial charge in [-0.15, -0.1) is 0 Å². The Morgan fingerprint density at radius 3 is 2.25 bits per heavy atom. The third kappa shape index (κ3) is 3.92. The van der Waals surface area contributed by atoms with Crippen molar-refractivity contribution in [2.75, 3.05) is 7.11 Å². The quantitative estimate of drug-likeness (QED) is 0.745. The van der Waals surface area contributed by atoms with Crippen molar-refractivity contribution in [2.45, 2.75) is 19.0 Å². The molecule has 1 aromatic carbocycles. The van der Waals surface area contributed by atoms with E-state index < -0.39 is 24.8 Å². The van der Waals surface area contributed by atoms with Crippen LogP contribution in [0.3, 0.4) is 0 Å². The van der Waals surface area contributed by atoms with E-state index in [-0.39, 0.29) is 5.56 Å². The molecule has 0 amide bonds. The summed E-state index contributed by atoms with van der Waals surface area (Å²) in [6, 6.07) is 6.00. The van der Waals surface area contributed by atoms with Gasteiger partial charge in [0.2, 0.25) is 0 Å². The summed E-state index contributed by atoms with van der Waals surface area (Å²) in [4.78, 5) is 11.4.